The molecule has 0 bridgehead atoms. The van der Waals surface area contributed by atoms with Crippen molar-refractivity contribution in [2.45, 2.75) is 19.8 Å². The quantitative estimate of drug-likeness (QED) is 0.768. The number of carbonyl (C=O) groups excluding carboxylic acids is 2. The molecule has 0 radical (unpaired) electrons. The topological polar surface area (TPSA) is 77.8 Å². The minimum absolute atomic E-state index is 0.247. The molecule has 1 aliphatic rings. The number of rotatable bonds is 5. The van der Waals surface area contributed by atoms with Crippen LogP contribution in [0.2, 0.25) is 0 Å². The first-order valence-electron chi connectivity index (χ1n) is 8.08. The van der Waals surface area contributed by atoms with E-state index in [2.05, 4.69) is 9.98 Å². The van der Waals surface area contributed by atoms with Crippen LogP contribution in [-0.4, -0.2) is 36.4 Å². The average molecular weight is 358 g/mol. The molecule has 0 aliphatic carbocycles. The zero-order chi connectivity index (χ0) is 17.8. The molecule has 1 aromatic carbocycles. The van der Waals surface area contributed by atoms with Gasteiger partial charge in [0.15, 0.2) is 0 Å². The summed E-state index contributed by atoms with van der Waals surface area (Å²) in [6, 6.07) is 7.69. The first kappa shape index (κ1) is 17.3. The lowest BCUT2D eigenvalue weighted by Gasteiger charge is -2.24. The third-order valence-corrected chi connectivity index (χ3v) is 4.92. The maximum atomic E-state index is 12.4. The van der Waals surface area contributed by atoms with Crippen molar-refractivity contribution in [1.82, 2.24) is 4.98 Å². The summed E-state index contributed by atoms with van der Waals surface area (Å²) < 4.78 is 11.3. The molecule has 130 valence electrons. The van der Waals surface area contributed by atoms with Gasteiger partial charge in [-0.05, 0) is 26.0 Å². The summed E-state index contributed by atoms with van der Waals surface area (Å²) in [5.74, 6) is -2.18. The number of aromatic nitrogens is 1. The highest BCUT2D eigenvalue weighted by atomic mass is 32.1. The lowest BCUT2D eigenvalue weighted by atomic mass is 9.85. The van der Waals surface area contributed by atoms with Crippen molar-refractivity contribution in [2.24, 2.45) is 10.9 Å². The van der Waals surface area contributed by atoms with Crippen molar-refractivity contribution < 1.29 is 19.1 Å². The summed E-state index contributed by atoms with van der Waals surface area (Å²) in [6.07, 6.45) is 2.96. The molecule has 0 amide bonds. The van der Waals surface area contributed by atoms with E-state index in [-0.39, 0.29) is 13.2 Å². The van der Waals surface area contributed by atoms with Crippen molar-refractivity contribution in [3.05, 3.63) is 41.0 Å². The number of nitrogens with zero attached hydrogens (tertiary/aromatic N) is 2. The fraction of sp³-hybridized carbons (Fsp3) is 0.333. The largest absolute Gasteiger partial charge is 0.465 e. The molecule has 25 heavy (non-hydrogen) atoms. The van der Waals surface area contributed by atoms with Crippen LogP contribution in [0, 0.1) is 5.92 Å². The van der Waals surface area contributed by atoms with Crippen molar-refractivity contribution in [2.75, 3.05) is 13.2 Å². The molecule has 0 saturated heterocycles. The fourth-order valence-corrected chi connectivity index (χ4v) is 3.85. The second-order valence-corrected chi connectivity index (χ2v) is 6.44. The number of carbonyl (C=O) groups is 2. The summed E-state index contributed by atoms with van der Waals surface area (Å²) in [5, 5.41) is 0.671. The zero-order valence-corrected chi connectivity index (χ0v) is 14.8. The molecule has 2 aromatic rings. The van der Waals surface area contributed by atoms with E-state index in [0.29, 0.717) is 10.6 Å². The zero-order valence-electron chi connectivity index (χ0n) is 14.0. The molecule has 7 heteroatoms. The molecule has 6 nitrogen and oxygen atoms in total. The van der Waals surface area contributed by atoms with Crippen LogP contribution >= 0.6 is 11.3 Å². The van der Waals surface area contributed by atoms with Gasteiger partial charge >= 0.3 is 11.9 Å². The first-order valence-corrected chi connectivity index (χ1v) is 8.90. The van der Waals surface area contributed by atoms with E-state index in [1.807, 2.05) is 24.3 Å². The molecule has 2 atom stereocenters. The van der Waals surface area contributed by atoms with Gasteiger partial charge in [-0.3, -0.25) is 9.79 Å². The van der Waals surface area contributed by atoms with Crippen LogP contribution in [0.3, 0.4) is 0 Å². The number of esters is 2. The Labute approximate surface area is 149 Å². The molecular formula is C18H18N2O4S. The Balaban J connectivity index is 2.05. The summed E-state index contributed by atoms with van der Waals surface area (Å²) in [4.78, 5) is 33.5. The highest BCUT2D eigenvalue weighted by Crippen LogP contribution is 2.39. The van der Waals surface area contributed by atoms with Crippen molar-refractivity contribution >= 4 is 39.7 Å². The van der Waals surface area contributed by atoms with Crippen LogP contribution in [-0.2, 0) is 19.1 Å². The van der Waals surface area contributed by atoms with Crippen LogP contribution in [0.4, 0.5) is 0 Å². The third kappa shape index (κ3) is 3.46. The van der Waals surface area contributed by atoms with E-state index in [0.717, 1.165) is 10.2 Å². The van der Waals surface area contributed by atoms with E-state index in [4.69, 9.17) is 9.47 Å². The Hall–Kier alpha value is -2.54. The van der Waals surface area contributed by atoms with Gasteiger partial charge in [-0.15, -0.1) is 11.3 Å². The van der Waals surface area contributed by atoms with Crippen LogP contribution in [0.5, 0.6) is 0 Å². The summed E-state index contributed by atoms with van der Waals surface area (Å²) >= 11 is 1.45. The van der Waals surface area contributed by atoms with Crippen LogP contribution in [0.25, 0.3) is 10.2 Å². The van der Waals surface area contributed by atoms with E-state index >= 15 is 0 Å². The first-order chi connectivity index (χ1) is 12.2. The summed E-state index contributed by atoms with van der Waals surface area (Å²) in [7, 11) is 0. The summed E-state index contributed by atoms with van der Waals surface area (Å²) in [6.45, 7) is 3.98. The van der Waals surface area contributed by atoms with E-state index in [1.165, 1.54) is 23.8 Å². The molecule has 0 fully saturated rings. The lowest BCUT2D eigenvalue weighted by molar-refractivity contribution is -0.146. The van der Waals surface area contributed by atoms with Crippen molar-refractivity contribution in [1.29, 1.82) is 0 Å². The molecular weight excluding hydrogens is 340 g/mol. The van der Waals surface area contributed by atoms with Gasteiger partial charge in [0, 0.05) is 12.4 Å². The van der Waals surface area contributed by atoms with E-state index < -0.39 is 23.8 Å². The highest BCUT2D eigenvalue weighted by Gasteiger charge is 2.39. The van der Waals surface area contributed by atoms with E-state index in [1.54, 1.807) is 13.8 Å². The number of benzene rings is 1. The minimum Gasteiger partial charge on any atom is -0.465 e. The second kappa shape index (κ2) is 7.57. The molecule has 3 rings (SSSR count). The number of ether oxygens (including phenoxy) is 2. The Bertz CT molecular complexity index is 823. The number of hydrogen-bond acceptors (Lipinski definition) is 7. The number of hydrogen-bond donors (Lipinski definition) is 0. The fourth-order valence-electron chi connectivity index (χ4n) is 2.72. The number of fused-ring (bicyclic) bond motifs is 1. The maximum absolute atomic E-state index is 12.4. The lowest BCUT2D eigenvalue weighted by Crippen LogP contribution is -2.31. The predicted molar refractivity (Wildman–Crippen MR) is 95.7 cm³/mol. The van der Waals surface area contributed by atoms with Gasteiger partial charge in [0.05, 0.1) is 34.9 Å². The molecule has 0 saturated carbocycles. The Morgan fingerprint density at radius 2 is 1.92 bits per heavy atom. The maximum Gasteiger partial charge on any atom is 0.336 e. The van der Waals surface area contributed by atoms with Gasteiger partial charge in [0.1, 0.15) is 10.9 Å². The van der Waals surface area contributed by atoms with Gasteiger partial charge in [-0.1, -0.05) is 12.1 Å². The van der Waals surface area contributed by atoms with Crippen LogP contribution in [0.1, 0.15) is 24.8 Å². The Kier molecular flexibility index (Phi) is 5.23. The number of para-hydroxylation sites is 1. The van der Waals surface area contributed by atoms with Gasteiger partial charge in [-0.25, -0.2) is 9.78 Å². The second-order valence-electron chi connectivity index (χ2n) is 5.38. The molecule has 0 spiro atoms. The minimum atomic E-state index is -0.704. The number of thiazole rings is 1. The van der Waals surface area contributed by atoms with Crippen molar-refractivity contribution in [3.8, 4) is 0 Å². The molecule has 1 unspecified atom stereocenters. The third-order valence-electron chi connectivity index (χ3n) is 3.80. The van der Waals surface area contributed by atoms with Gasteiger partial charge in [-0.2, -0.15) is 0 Å². The summed E-state index contributed by atoms with van der Waals surface area (Å²) in [5.41, 5.74) is 1.15. The average Bonchev–Trinajstić information content (AvgIpc) is 3.05. The van der Waals surface area contributed by atoms with Gasteiger partial charge < -0.3 is 9.47 Å². The normalized spacial score (nSPS) is 19.5. The molecule has 1 aromatic heterocycles. The number of aliphatic imine (C=N–C) groups is 1. The Morgan fingerprint density at radius 3 is 2.64 bits per heavy atom. The SMILES string of the molecule is CCOC(=O)C1=CN=CC(C(=O)OCC)[C@@H]1c1nc2ccccc2s1. The smallest absolute Gasteiger partial charge is 0.336 e. The highest BCUT2D eigenvalue weighted by molar-refractivity contribution is 7.18. The van der Waals surface area contributed by atoms with Gasteiger partial charge in [0.25, 0.3) is 0 Å². The molecule has 1 aliphatic heterocycles. The predicted octanol–water partition coefficient (Wildman–Crippen LogP) is 3.09. The van der Waals surface area contributed by atoms with Crippen LogP contribution < -0.4 is 0 Å². The Morgan fingerprint density at radius 1 is 1.16 bits per heavy atom. The van der Waals surface area contributed by atoms with Gasteiger partial charge in [0.2, 0.25) is 0 Å². The van der Waals surface area contributed by atoms with Crippen LogP contribution in [0.15, 0.2) is 41.0 Å². The monoisotopic (exact) mass is 358 g/mol. The molecule has 2 heterocycles. The van der Waals surface area contributed by atoms with Crippen molar-refractivity contribution in [3.63, 3.8) is 0 Å². The molecule has 0 N–H and O–H groups in total. The van der Waals surface area contributed by atoms with E-state index in [9.17, 15) is 9.59 Å². The standard InChI is InChI=1S/C18H18N2O4S/c1-3-23-17(21)11-9-19-10-12(18(22)24-4-2)15(11)16-20-13-7-5-6-8-14(13)25-16/h5-11,15H,3-4H2,1-2H3/t11?,15-/m0/s1.